The SMILES string of the molecule is COc1ccc(C)cc1[C@H](C)NC(=O)COc1ccccc1F. The largest absolute Gasteiger partial charge is 0.496 e. The van der Waals surface area contributed by atoms with Gasteiger partial charge in [-0.2, -0.15) is 0 Å². The third-order valence-corrected chi connectivity index (χ3v) is 3.42. The molecule has 5 heteroatoms. The highest BCUT2D eigenvalue weighted by Crippen LogP contribution is 2.26. The van der Waals surface area contributed by atoms with Gasteiger partial charge in [0, 0.05) is 5.56 Å². The quantitative estimate of drug-likeness (QED) is 0.888. The van der Waals surface area contributed by atoms with E-state index in [4.69, 9.17) is 9.47 Å². The summed E-state index contributed by atoms with van der Waals surface area (Å²) >= 11 is 0. The highest BCUT2D eigenvalue weighted by molar-refractivity contribution is 5.78. The van der Waals surface area contributed by atoms with E-state index < -0.39 is 5.82 Å². The summed E-state index contributed by atoms with van der Waals surface area (Å²) in [5, 5.41) is 2.82. The molecule has 2 aromatic rings. The molecular weight excluding hydrogens is 297 g/mol. The topological polar surface area (TPSA) is 47.6 Å². The van der Waals surface area contributed by atoms with Crippen molar-refractivity contribution in [2.45, 2.75) is 19.9 Å². The van der Waals surface area contributed by atoms with Crippen LogP contribution in [0.1, 0.15) is 24.1 Å². The van der Waals surface area contributed by atoms with Gasteiger partial charge in [0.05, 0.1) is 13.2 Å². The van der Waals surface area contributed by atoms with Crippen molar-refractivity contribution >= 4 is 5.91 Å². The van der Waals surface area contributed by atoms with Crippen LogP contribution in [0.5, 0.6) is 11.5 Å². The fourth-order valence-electron chi connectivity index (χ4n) is 2.26. The molecule has 122 valence electrons. The molecule has 4 nitrogen and oxygen atoms in total. The molecular formula is C18H20FNO3. The third kappa shape index (κ3) is 4.45. The van der Waals surface area contributed by atoms with Crippen LogP contribution in [0.15, 0.2) is 42.5 Å². The average Bonchev–Trinajstić information content (AvgIpc) is 2.54. The molecule has 0 saturated heterocycles. The second-order valence-corrected chi connectivity index (χ2v) is 5.25. The maximum atomic E-state index is 13.4. The van der Waals surface area contributed by atoms with Crippen molar-refractivity contribution in [3.8, 4) is 11.5 Å². The van der Waals surface area contributed by atoms with Gasteiger partial charge in [0.15, 0.2) is 18.2 Å². The van der Waals surface area contributed by atoms with Crippen LogP contribution in [-0.4, -0.2) is 19.6 Å². The van der Waals surface area contributed by atoms with E-state index in [9.17, 15) is 9.18 Å². The van der Waals surface area contributed by atoms with Crippen LogP contribution in [0.25, 0.3) is 0 Å². The number of amides is 1. The molecule has 0 aromatic heterocycles. The van der Waals surface area contributed by atoms with Gasteiger partial charge in [-0.05, 0) is 32.0 Å². The number of carbonyl (C=O) groups is 1. The summed E-state index contributed by atoms with van der Waals surface area (Å²) in [7, 11) is 1.59. The lowest BCUT2D eigenvalue weighted by molar-refractivity contribution is -0.123. The van der Waals surface area contributed by atoms with E-state index in [1.807, 2.05) is 32.0 Å². The van der Waals surface area contributed by atoms with Gasteiger partial charge in [-0.25, -0.2) is 4.39 Å². The first-order valence-corrected chi connectivity index (χ1v) is 7.32. The highest BCUT2D eigenvalue weighted by atomic mass is 19.1. The van der Waals surface area contributed by atoms with E-state index in [-0.39, 0.29) is 24.3 Å². The van der Waals surface area contributed by atoms with Gasteiger partial charge < -0.3 is 14.8 Å². The van der Waals surface area contributed by atoms with E-state index >= 15 is 0 Å². The second kappa shape index (κ2) is 7.63. The van der Waals surface area contributed by atoms with E-state index in [2.05, 4.69) is 5.32 Å². The smallest absolute Gasteiger partial charge is 0.258 e. The van der Waals surface area contributed by atoms with Crippen LogP contribution in [0.3, 0.4) is 0 Å². The molecule has 0 aliphatic carbocycles. The Morgan fingerprint density at radius 2 is 1.96 bits per heavy atom. The van der Waals surface area contributed by atoms with Gasteiger partial charge in [0.2, 0.25) is 0 Å². The fourth-order valence-corrected chi connectivity index (χ4v) is 2.26. The molecule has 23 heavy (non-hydrogen) atoms. The highest BCUT2D eigenvalue weighted by Gasteiger charge is 2.15. The van der Waals surface area contributed by atoms with Crippen molar-refractivity contribution < 1.29 is 18.7 Å². The molecule has 1 N–H and O–H groups in total. The Hall–Kier alpha value is -2.56. The van der Waals surface area contributed by atoms with Crippen molar-refractivity contribution in [2.24, 2.45) is 0 Å². The summed E-state index contributed by atoms with van der Waals surface area (Å²) in [6, 6.07) is 11.5. The van der Waals surface area contributed by atoms with Gasteiger partial charge in [0.25, 0.3) is 5.91 Å². The van der Waals surface area contributed by atoms with E-state index in [1.165, 1.54) is 12.1 Å². The van der Waals surface area contributed by atoms with Crippen LogP contribution in [0, 0.1) is 12.7 Å². The van der Waals surface area contributed by atoms with Crippen LogP contribution in [0.2, 0.25) is 0 Å². The zero-order valence-corrected chi connectivity index (χ0v) is 13.4. The van der Waals surface area contributed by atoms with Crippen LogP contribution in [-0.2, 0) is 4.79 Å². The number of para-hydroxylation sites is 1. The van der Waals surface area contributed by atoms with E-state index in [0.717, 1.165) is 11.1 Å². The predicted octanol–water partition coefficient (Wildman–Crippen LogP) is 3.40. The Labute approximate surface area is 135 Å². The van der Waals surface area contributed by atoms with Gasteiger partial charge in [-0.15, -0.1) is 0 Å². The van der Waals surface area contributed by atoms with E-state index in [0.29, 0.717) is 5.75 Å². The Morgan fingerprint density at radius 1 is 1.22 bits per heavy atom. The lowest BCUT2D eigenvalue weighted by Crippen LogP contribution is -2.31. The number of methoxy groups -OCH3 is 1. The summed E-state index contributed by atoms with van der Waals surface area (Å²) in [5.41, 5.74) is 1.95. The number of ether oxygens (including phenoxy) is 2. The first kappa shape index (κ1) is 16.8. The molecule has 0 radical (unpaired) electrons. The van der Waals surface area contributed by atoms with Gasteiger partial charge in [0.1, 0.15) is 5.75 Å². The Balaban J connectivity index is 1.97. The molecule has 1 atom stereocenters. The minimum absolute atomic E-state index is 0.0587. The van der Waals surface area contributed by atoms with Crippen molar-refractivity contribution in [2.75, 3.05) is 13.7 Å². The third-order valence-electron chi connectivity index (χ3n) is 3.42. The Kier molecular flexibility index (Phi) is 5.57. The zero-order chi connectivity index (χ0) is 16.8. The molecule has 2 aromatic carbocycles. The summed E-state index contributed by atoms with van der Waals surface area (Å²) in [6.45, 7) is 3.58. The molecule has 0 aliphatic rings. The van der Waals surface area contributed by atoms with Crippen molar-refractivity contribution in [3.63, 3.8) is 0 Å². The molecule has 0 saturated carbocycles. The standard InChI is InChI=1S/C18H20FNO3/c1-12-8-9-16(22-3)14(10-12)13(2)20-18(21)11-23-17-7-5-4-6-15(17)19/h4-10,13H,11H2,1-3H3,(H,20,21)/t13-/m0/s1. The maximum absolute atomic E-state index is 13.4. The normalized spacial score (nSPS) is 11.7. The number of carbonyl (C=O) groups excluding carboxylic acids is 1. The number of rotatable bonds is 6. The summed E-state index contributed by atoms with van der Waals surface area (Å²) < 4.78 is 24.0. The number of hydrogen-bond donors (Lipinski definition) is 1. The molecule has 0 heterocycles. The number of benzene rings is 2. The molecule has 0 spiro atoms. The maximum Gasteiger partial charge on any atom is 0.258 e. The molecule has 0 aliphatic heterocycles. The number of hydrogen-bond acceptors (Lipinski definition) is 3. The lowest BCUT2D eigenvalue weighted by atomic mass is 10.0. The molecule has 0 unspecified atom stereocenters. The molecule has 0 fully saturated rings. The average molecular weight is 317 g/mol. The van der Waals surface area contributed by atoms with Crippen LogP contribution >= 0.6 is 0 Å². The molecule has 1 amide bonds. The fraction of sp³-hybridized carbons (Fsp3) is 0.278. The van der Waals surface area contributed by atoms with E-state index in [1.54, 1.807) is 19.2 Å². The lowest BCUT2D eigenvalue weighted by Gasteiger charge is -2.18. The number of nitrogens with one attached hydrogen (secondary N) is 1. The zero-order valence-electron chi connectivity index (χ0n) is 13.4. The number of halogens is 1. The summed E-state index contributed by atoms with van der Waals surface area (Å²) in [4.78, 5) is 12.0. The first-order valence-electron chi connectivity index (χ1n) is 7.32. The van der Waals surface area contributed by atoms with Gasteiger partial charge >= 0.3 is 0 Å². The second-order valence-electron chi connectivity index (χ2n) is 5.25. The van der Waals surface area contributed by atoms with Crippen LogP contribution in [0.4, 0.5) is 4.39 Å². The number of aryl methyl sites for hydroxylation is 1. The van der Waals surface area contributed by atoms with Crippen molar-refractivity contribution in [3.05, 3.63) is 59.4 Å². The summed E-state index contributed by atoms with van der Waals surface area (Å²) in [6.07, 6.45) is 0. The van der Waals surface area contributed by atoms with Gasteiger partial charge in [-0.3, -0.25) is 4.79 Å². The predicted molar refractivity (Wildman–Crippen MR) is 86.2 cm³/mol. The summed E-state index contributed by atoms with van der Waals surface area (Å²) in [5.74, 6) is -0.0557. The minimum Gasteiger partial charge on any atom is -0.496 e. The molecule has 2 rings (SSSR count). The Morgan fingerprint density at radius 3 is 2.65 bits per heavy atom. The minimum atomic E-state index is -0.492. The first-order chi connectivity index (χ1) is 11.0. The van der Waals surface area contributed by atoms with Gasteiger partial charge in [-0.1, -0.05) is 29.8 Å². The monoisotopic (exact) mass is 317 g/mol. The Bertz CT molecular complexity index is 688. The van der Waals surface area contributed by atoms with Crippen molar-refractivity contribution in [1.82, 2.24) is 5.32 Å². The van der Waals surface area contributed by atoms with Crippen molar-refractivity contribution in [1.29, 1.82) is 0 Å². The van der Waals surface area contributed by atoms with Crippen LogP contribution < -0.4 is 14.8 Å². The molecule has 0 bridgehead atoms.